The summed E-state index contributed by atoms with van der Waals surface area (Å²) in [6.45, 7) is 11.0. The van der Waals surface area contributed by atoms with Gasteiger partial charge in [-0.25, -0.2) is 4.98 Å². The lowest BCUT2D eigenvalue weighted by molar-refractivity contribution is -0.132. The van der Waals surface area contributed by atoms with Crippen molar-refractivity contribution < 1.29 is 14.0 Å². The molecule has 0 radical (unpaired) electrons. The van der Waals surface area contributed by atoms with Gasteiger partial charge in [-0.2, -0.15) is 0 Å². The van der Waals surface area contributed by atoms with Crippen LogP contribution >= 0.6 is 0 Å². The summed E-state index contributed by atoms with van der Waals surface area (Å²) >= 11 is 0. The van der Waals surface area contributed by atoms with Crippen molar-refractivity contribution in [1.82, 2.24) is 19.8 Å². The summed E-state index contributed by atoms with van der Waals surface area (Å²) in [6, 6.07) is 11.4. The van der Waals surface area contributed by atoms with Crippen LogP contribution in [0.15, 0.2) is 47.1 Å². The molecule has 0 unspecified atom stereocenters. The maximum Gasteiger partial charge on any atom is 0.286 e. The lowest BCUT2D eigenvalue weighted by Gasteiger charge is -2.27. The van der Waals surface area contributed by atoms with Gasteiger partial charge in [-0.15, -0.1) is 0 Å². The molecule has 184 valence electrons. The molecule has 34 heavy (non-hydrogen) atoms. The molecule has 3 rings (SSSR count). The topological polar surface area (TPSA) is 80.4 Å². The SMILES string of the molecule is CC(C)CN(CC(C)C)C(=O)Cn1c(CCCCCNC(=O)c2ccco2)nc2ccccc21. The van der Waals surface area contributed by atoms with Gasteiger partial charge in [0, 0.05) is 26.1 Å². The van der Waals surface area contributed by atoms with Crippen molar-refractivity contribution in [3.05, 3.63) is 54.2 Å². The number of amides is 2. The van der Waals surface area contributed by atoms with Gasteiger partial charge in [0.15, 0.2) is 5.76 Å². The van der Waals surface area contributed by atoms with Crippen molar-refractivity contribution in [2.24, 2.45) is 11.8 Å². The highest BCUT2D eigenvalue weighted by atomic mass is 16.3. The minimum atomic E-state index is -0.183. The zero-order valence-electron chi connectivity index (χ0n) is 20.9. The summed E-state index contributed by atoms with van der Waals surface area (Å²) < 4.78 is 7.20. The Kier molecular flexibility index (Phi) is 9.31. The van der Waals surface area contributed by atoms with E-state index in [4.69, 9.17) is 9.40 Å². The third-order valence-electron chi connectivity index (χ3n) is 5.66. The normalized spacial score (nSPS) is 11.5. The molecule has 7 heteroatoms. The second-order valence-corrected chi connectivity index (χ2v) is 9.73. The number of fused-ring (bicyclic) bond motifs is 1. The summed E-state index contributed by atoms with van der Waals surface area (Å²) in [5, 5.41) is 2.88. The number of hydrogen-bond donors (Lipinski definition) is 1. The van der Waals surface area contributed by atoms with E-state index < -0.39 is 0 Å². The molecular formula is C27H38N4O3. The zero-order valence-corrected chi connectivity index (χ0v) is 20.9. The Balaban J connectivity index is 1.59. The van der Waals surface area contributed by atoms with Crippen LogP contribution in [0.2, 0.25) is 0 Å². The van der Waals surface area contributed by atoms with Gasteiger partial charge >= 0.3 is 0 Å². The number of imidazole rings is 1. The Morgan fingerprint density at radius 3 is 2.41 bits per heavy atom. The van der Waals surface area contributed by atoms with E-state index in [1.807, 2.05) is 29.2 Å². The largest absolute Gasteiger partial charge is 0.459 e. The minimum absolute atomic E-state index is 0.146. The van der Waals surface area contributed by atoms with E-state index in [0.29, 0.717) is 30.7 Å². The van der Waals surface area contributed by atoms with Gasteiger partial charge in [-0.05, 0) is 48.9 Å². The molecule has 0 aliphatic carbocycles. The maximum absolute atomic E-state index is 13.3. The summed E-state index contributed by atoms with van der Waals surface area (Å²) in [4.78, 5) is 32.1. The molecule has 0 saturated carbocycles. The van der Waals surface area contributed by atoms with Crippen molar-refractivity contribution >= 4 is 22.8 Å². The number of carbonyl (C=O) groups is 2. The van der Waals surface area contributed by atoms with Crippen LogP contribution in [0, 0.1) is 11.8 Å². The van der Waals surface area contributed by atoms with Gasteiger partial charge in [0.25, 0.3) is 5.91 Å². The fourth-order valence-corrected chi connectivity index (χ4v) is 4.17. The summed E-state index contributed by atoms with van der Waals surface area (Å²) in [5.41, 5.74) is 1.93. The van der Waals surface area contributed by atoms with Crippen molar-refractivity contribution in [3.8, 4) is 0 Å². The first-order valence-corrected chi connectivity index (χ1v) is 12.4. The average Bonchev–Trinajstić information content (AvgIpc) is 3.44. The summed E-state index contributed by atoms with van der Waals surface area (Å²) in [6.07, 6.45) is 5.07. The number of aromatic nitrogens is 2. The second-order valence-electron chi connectivity index (χ2n) is 9.73. The summed E-state index contributed by atoms with van der Waals surface area (Å²) in [7, 11) is 0. The zero-order chi connectivity index (χ0) is 24.5. The molecule has 0 fully saturated rings. The van der Waals surface area contributed by atoms with Crippen LogP contribution < -0.4 is 5.32 Å². The van der Waals surface area contributed by atoms with Crippen LogP contribution in [0.5, 0.6) is 0 Å². The molecule has 0 bridgehead atoms. The number of hydrogen-bond acceptors (Lipinski definition) is 4. The van der Waals surface area contributed by atoms with Gasteiger partial charge in [-0.3, -0.25) is 9.59 Å². The van der Waals surface area contributed by atoms with E-state index in [9.17, 15) is 9.59 Å². The molecule has 0 aliphatic heterocycles. The molecule has 3 aromatic rings. The predicted octanol–water partition coefficient (Wildman–Crippen LogP) is 4.91. The van der Waals surface area contributed by atoms with Crippen molar-refractivity contribution in [3.63, 3.8) is 0 Å². The molecule has 0 spiro atoms. The number of unbranched alkanes of at least 4 members (excludes halogenated alkanes) is 2. The van der Waals surface area contributed by atoms with Crippen molar-refractivity contribution in [2.45, 2.75) is 59.9 Å². The highest BCUT2D eigenvalue weighted by Gasteiger charge is 2.20. The van der Waals surface area contributed by atoms with Crippen LogP contribution in [0.4, 0.5) is 0 Å². The van der Waals surface area contributed by atoms with Gasteiger partial charge < -0.3 is 19.2 Å². The molecule has 1 aromatic carbocycles. The molecule has 7 nitrogen and oxygen atoms in total. The van der Waals surface area contributed by atoms with E-state index >= 15 is 0 Å². The number of para-hydroxylation sites is 2. The Bertz CT molecular complexity index is 1040. The Labute approximate surface area is 202 Å². The Morgan fingerprint density at radius 2 is 1.74 bits per heavy atom. The standard InChI is InChI=1S/C27H38N4O3/c1-20(2)17-30(18-21(3)4)26(32)19-31-23-12-8-7-11-22(23)29-25(31)14-6-5-9-15-28-27(33)24-13-10-16-34-24/h7-8,10-13,16,20-21H,5-6,9,14-15,17-19H2,1-4H3,(H,28,33). The number of carbonyl (C=O) groups excluding carboxylic acids is 2. The van der Waals surface area contributed by atoms with E-state index in [-0.39, 0.29) is 11.8 Å². The van der Waals surface area contributed by atoms with Gasteiger partial charge in [-0.1, -0.05) is 46.2 Å². The third kappa shape index (κ3) is 7.20. The average molecular weight is 467 g/mol. The smallest absolute Gasteiger partial charge is 0.286 e. The number of furan rings is 1. The monoisotopic (exact) mass is 466 g/mol. The summed E-state index contributed by atoms with van der Waals surface area (Å²) in [5.74, 6) is 2.10. The first-order valence-electron chi connectivity index (χ1n) is 12.4. The molecular weight excluding hydrogens is 428 g/mol. The van der Waals surface area contributed by atoms with Crippen LogP contribution in [0.1, 0.15) is 63.3 Å². The minimum Gasteiger partial charge on any atom is -0.459 e. The lowest BCUT2D eigenvalue weighted by Crippen LogP contribution is -2.39. The molecule has 1 N–H and O–H groups in total. The van der Waals surface area contributed by atoms with Crippen molar-refractivity contribution in [1.29, 1.82) is 0 Å². The maximum atomic E-state index is 13.3. The fourth-order valence-electron chi connectivity index (χ4n) is 4.17. The van der Waals surface area contributed by atoms with Crippen molar-refractivity contribution in [2.75, 3.05) is 19.6 Å². The quantitative estimate of drug-likeness (QED) is 0.363. The Morgan fingerprint density at radius 1 is 1.00 bits per heavy atom. The van der Waals surface area contributed by atoms with E-state index in [2.05, 4.69) is 37.6 Å². The molecule has 0 saturated heterocycles. The molecule has 2 aromatic heterocycles. The number of nitrogens with one attached hydrogen (secondary N) is 1. The predicted molar refractivity (Wildman–Crippen MR) is 135 cm³/mol. The highest BCUT2D eigenvalue weighted by Crippen LogP contribution is 2.19. The van der Waals surface area contributed by atoms with Gasteiger partial charge in [0.05, 0.1) is 17.3 Å². The van der Waals surface area contributed by atoms with E-state index in [1.165, 1.54) is 6.26 Å². The van der Waals surface area contributed by atoms with Crippen LogP contribution in [-0.2, 0) is 17.8 Å². The Hall–Kier alpha value is -3.09. The highest BCUT2D eigenvalue weighted by molar-refractivity contribution is 5.91. The molecule has 0 aliphatic rings. The number of benzene rings is 1. The lowest BCUT2D eigenvalue weighted by atomic mass is 10.1. The first kappa shape index (κ1) is 25.5. The van der Waals surface area contributed by atoms with E-state index in [1.54, 1.807) is 12.1 Å². The molecule has 2 amide bonds. The fraction of sp³-hybridized carbons (Fsp3) is 0.519. The van der Waals surface area contributed by atoms with Gasteiger partial charge in [0.2, 0.25) is 5.91 Å². The number of rotatable bonds is 13. The third-order valence-corrected chi connectivity index (χ3v) is 5.66. The van der Waals surface area contributed by atoms with Crippen LogP contribution in [0.3, 0.4) is 0 Å². The van der Waals surface area contributed by atoms with E-state index in [0.717, 1.165) is 55.6 Å². The molecule has 0 atom stereocenters. The van der Waals surface area contributed by atoms with Crippen LogP contribution in [0.25, 0.3) is 11.0 Å². The van der Waals surface area contributed by atoms with Crippen LogP contribution in [-0.4, -0.2) is 45.9 Å². The second kappa shape index (κ2) is 12.4. The van der Waals surface area contributed by atoms with Gasteiger partial charge in [0.1, 0.15) is 12.4 Å². The first-order chi connectivity index (χ1) is 16.3. The number of nitrogens with zero attached hydrogens (tertiary/aromatic N) is 3. The number of aryl methyl sites for hydroxylation is 1. The molecule has 2 heterocycles.